The third-order valence-electron chi connectivity index (χ3n) is 3.34. The van der Waals surface area contributed by atoms with Crippen LogP contribution in [0.5, 0.6) is 0 Å². The molecule has 5 nitrogen and oxygen atoms in total. The zero-order valence-electron chi connectivity index (χ0n) is 10.2. The molecule has 0 amide bonds. The highest BCUT2D eigenvalue weighted by Crippen LogP contribution is 2.13. The van der Waals surface area contributed by atoms with Gasteiger partial charge in [0.25, 0.3) is 0 Å². The Balaban J connectivity index is 1.77. The lowest BCUT2D eigenvalue weighted by Crippen LogP contribution is -2.42. The molecule has 5 heteroatoms. The monoisotopic (exact) mass is 252 g/mol. The summed E-state index contributed by atoms with van der Waals surface area (Å²) < 4.78 is 0. The summed E-state index contributed by atoms with van der Waals surface area (Å²) >= 11 is 0. The molecule has 1 saturated heterocycles. The Morgan fingerprint density at radius 2 is 1.72 bits per heavy atom. The van der Waals surface area contributed by atoms with Gasteiger partial charge in [-0.1, -0.05) is 30.3 Å². The summed E-state index contributed by atoms with van der Waals surface area (Å²) in [4.78, 5) is 0. The van der Waals surface area contributed by atoms with Crippen molar-refractivity contribution in [3.8, 4) is 0 Å². The van der Waals surface area contributed by atoms with Gasteiger partial charge in [-0.3, -0.25) is 0 Å². The lowest BCUT2D eigenvalue weighted by molar-refractivity contribution is 0.0197. The van der Waals surface area contributed by atoms with E-state index in [2.05, 4.69) is 10.6 Å². The van der Waals surface area contributed by atoms with Crippen LogP contribution in [0, 0.1) is 0 Å². The van der Waals surface area contributed by atoms with Crippen molar-refractivity contribution in [3.05, 3.63) is 35.9 Å². The normalized spacial score (nSPS) is 31.7. The van der Waals surface area contributed by atoms with Gasteiger partial charge in [-0.2, -0.15) is 0 Å². The van der Waals surface area contributed by atoms with E-state index in [-0.39, 0.29) is 12.6 Å². The first-order valence-corrected chi connectivity index (χ1v) is 6.20. The van der Waals surface area contributed by atoms with Crippen LogP contribution in [-0.2, 0) is 6.54 Å². The number of aliphatic hydroxyl groups is 3. The average molecular weight is 252 g/mol. The number of hydrogen-bond donors (Lipinski definition) is 5. The van der Waals surface area contributed by atoms with Gasteiger partial charge in [0, 0.05) is 19.1 Å². The quantitative estimate of drug-likeness (QED) is 0.456. The van der Waals surface area contributed by atoms with Crippen molar-refractivity contribution in [2.75, 3.05) is 13.2 Å². The van der Waals surface area contributed by atoms with Crippen LogP contribution >= 0.6 is 0 Å². The molecular formula is C13H20N2O3. The van der Waals surface area contributed by atoms with Crippen molar-refractivity contribution in [1.82, 2.24) is 10.6 Å². The molecule has 18 heavy (non-hydrogen) atoms. The second kappa shape index (κ2) is 6.26. The number of rotatable bonds is 5. The van der Waals surface area contributed by atoms with Crippen LogP contribution in [-0.4, -0.2) is 52.8 Å². The van der Waals surface area contributed by atoms with Crippen LogP contribution in [0.25, 0.3) is 0 Å². The van der Waals surface area contributed by atoms with Crippen molar-refractivity contribution < 1.29 is 15.3 Å². The Morgan fingerprint density at radius 1 is 1.06 bits per heavy atom. The first-order chi connectivity index (χ1) is 8.72. The smallest absolute Gasteiger partial charge is 0.0989 e. The molecule has 1 aliphatic heterocycles. The molecular weight excluding hydrogens is 232 g/mol. The summed E-state index contributed by atoms with van der Waals surface area (Å²) in [5, 5.41) is 34.7. The van der Waals surface area contributed by atoms with Crippen molar-refractivity contribution in [2.24, 2.45) is 0 Å². The summed E-state index contributed by atoms with van der Waals surface area (Å²) in [5.41, 5.74) is 1.17. The average Bonchev–Trinajstić information content (AvgIpc) is 2.68. The van der Waals surface area contributed by atoms with Crippen LogP contribution in [0.2, 0.25) is 0 Å². The molecule has 0 spiro atoms. The molecule has 0 saturated carbocycles. The summed E-state index contributed by atoms with van der Waals surface area (Å²) in [7, 11) is 0. The fraction of sp³-hybridized carbons (Fsp3) is 0.538. The van der Waals surface area contributed by atoms with Crippen molar-refractivity contribution in [2.45, 2.75) is 30.8 Å². The molecule has 0 aliphatic carbocycles. The Labute approximate surface area is 106 Å². The Kier molecular flexibility index (Phi) is 4.68. The van der Waals surface area contributed by atoms with E-state index >= 15 is 0 Å². The highest BCUT2D eigenvalue weighted by Gasteiger charge is 2.39. The standard InChI is InChI=1S/C13H20N2O3/c16-8-11-13(18)12(17)10(15-11)7-14-6-9-4-2-1-3-5-9/h1-5,10-18H,6-8H2/t10-,11-,12-,13+/m1/s1. The van der Waals surface area contributed by atoms with Crippen molar-refractivity contribution in [1.29, 1.82) is 0 Å². The predicted octanol–water partition coefficient (Wildman–Crippen LogP) is -1.17. The lowest BCUT2D eigenvalue weighted by atomic mass is 10.1. The van der Waals surface area contributed by atoms with E-state index in [1.54, 1.807) is 0 Å². The zero-order valence-corrected chi connectivity index (χ0v) is 10.2. The maximum absolute atomic E-state index is 9.79. The molecule has 4 atom stereocenters. The van der Waals surface area contributed by atoms with Crippen molar-refractivity contribution in [3.63, 3.8) is 0 Å². The minimum atomic E-state index is -0.904. The summed E-state index contributed by atoms with van der Waals surface area (Å²) in [6.07, 6.45) is -1.75. The Bertz CT molecular complexity index is 361. The first kappa shape index (κ1) is 13.5. The molecule has 100 valence electrons. The van der Waals surface area contributed by atoms with Gasteiger partial charge in [-0.25, -0.2) is 0 Å². The molecule has 0 bridgehead atoms. The highest BCUT2D eigenvalue weighted by atomic mass is 16.3. The summed E-state index contributed by atoms with van der Waals surface area (Å²) in [6.45, 7) is 1.09. The number of hydrogen-bond acceptors (Lipinski definition) is 5. The van der Waals surface area contributed by atoms with Crippen LogP contribution in [0.4, 0.5) is 0 Å². The second-order valence-corrected chi connectivity index (χ2v) is 4.66. The second-order valence-electron chi connectivity index (χ2n) is 4.66. The predicted molar refractivity (Wildman–Crippen MR) is 68.0 cm³/mol. The van der Waals surface area contributed by atoms with Crippen LogP contribution in [0.1, 0.15) is 5.56 Å². The van der Waals surface area contributed by atoms with Gasteiger partial charge in [-0.15, -0.1) is 0 Å². The highest BCUT2D eigenvalue weighted by molar-refractivity contribution is 5.14. The van der Waals surface area contributed by atoms with E-state index < -0.39 is 18.2 Å². The third kappa shape index (κ3) is 3.07. The van der Waals surface area contributed by atoms with Crippen LogP contribution in [0.3, 0.4) is 0 Å². The molecule has 1 aromatic carbocycles. The van der Waals surface area contributed by atoms with E-state index in [4.69, 9.17) is 5.11 Å². The molecule has 2 rings (SSSR count). The SMILES string of the molecule is OC[C@H]1N[C@H](CNCc2ccccc2)[C@@H](O)[C@H]1O. The van der Waals surface area contributed by atoms with E-state index in [1.807, 2.05) is 30.3 Å². The molecule has 1 fully saturated rings. The maximum atomic E-state index is 9.79. The molecule has 0 unspecified atom stereocenters. The molecule has 1 aliphatic rings. The number of nitrogens with one attached hydrogen (secondary N) is 2. The van der Waals surface area contributed by atoms with Gasteiger partial charge in [0.05, 0.1) is 24.9 Å². The van der Waals surface area contributed by atoms with Gasteiger partial charge in [0.1, 0.15) is 0 Å². The maximum Gasteiger partial charge on any atom is 0.0989 e. The summed E-state index contributed by atoms with van der Waals surface area (Å²) in [6, 6.07) is 9.29. The third-order valence-corrected chi connectivity index (χ3v) is 3.34. The summed E-state index contributed by atoms with van der Waals surface area (Å²) in [5.74, 6) is 0. The Hall–Kier alpha value is -0.980. The largest absolute Gasteiger partial charge is 0.395 e. The minimum absolute atomic E-state index is 0.173. The van der Waals surface area contributed by atoms with Gasteiger partial charge in [0.15, 0.2) is 0 Å². The van der Waals surface area contributed by atoms with Gasteiger partial charge in [0.2, 0.25) is 0 Å². The van der Waals surface area contributed by atoms with Gasteiger partial charge >= 0.3 is 0 Å². The van der Waals surface area contributed by atoms with E-state index in [9.17, 15) is 10.2 Å². The molecule has 1 heterocycles. The van der Waals surface area contributed by atoms with Gasteiger partial charge < -0.3 is 26.0 Å². The molecule has 0 aromatic heterocycles. The van der Waals surface area contributed by atoms with Gasteiger partial charge in [-0.05, 0) is 5.56 Å². The Morgan fingerprint density at radius 3 is 2.33 bits per heavy atom. The topological polar surface area (TPSA) is 84.8 Å². The van der Waals surface area contributed by atoms with Crippen LogP contribution < -0.4 is 10.6 Å². The lowest BCUT2D eigenvalue weighted by Gasteiger charge is -2.16. The van der Waals surface area contributed by atoms with E-state index in [0.29, 0.717) is 13.1 Å². The molecule has 5 N–H and O–H groups in total. The molecule has 0 radical (unpaired) electrons. The fourth-order valence-corrected chi connectivity index (χ4v) is 2.26. The molecule has 1 aromatic rings. The number of benzene rings is 1. The van der Waals surface area contributed by atoms with E-state index in [0.717, 1.165) is 0 Å². The zero-order chi connectivity index (χ0) is 13.0. The fourth-order valence-electron chi connectivity index (χ4n) is 2.26. The van der Waals surface area contributed by atoms with Crippen LogP contribution in [0.15, 0.2) is 30.3 Å². The van der Waals surface area contributed by atoms with E-state index in [1.165, 1.54) is 5.56 Å². The number of aliphatic hydroxyl groups excluding tert-OH is 3. The first-order valence-electron chi connectivity index (χ1n) is 6.20. The van der Waals surface area contributed by atoms with Crippen molar-refractivity contribution >= 4 is 0 Å². The minimum Gasteiger partial charge on any atom is -0.395 e.